The van der Waals surface area contributed by atoms with E-state index < -0.39 is 5.39 Å². The second kappa shape index (κ2) is 4.85. The van der Waals surface area contributed by atoms with Gasteiger partial charge in [-0.05, 0) is 37.3 Å². The number of hydrogen-bond donors (Lipinski definition) is 0. The highest BCUT2D eigenvalue weighted by Gasteiger charge is 2.36. The summed E-state index contributed by atoms with van der Waals surface area (Å²) in [6.07, 6.45) is 3.97. The summed E-state index contributed by atoms with van der Waals surface area (Å²) in [6.45, 7) is 9.08. The molecule has 0 aromatic carbocycles. The molecule has 0 aromatic rings. The van der Waals surface area contributed by atoms with Crippen molar-refractivity contribution in [3.63, 3.8) is 0 Å². The van der Waals surface area contributed by atoms with Gasteiger partial charge in [0, 0.05) is 11.0 Å². The fourth-order valence-corrected chi connectivity index (χ4v) is 6.00. The van der Waals surface area contributed by atoms with E-state index in [1.54, 1.807) is 0 Å². The maximum atomic E-state index is 6.44. The molecule has 0 aliphatic heterocycles. The van der Waals surface area contributed by atoms with Crippen LogP contribution in [0, 0.1) is 17.8 Å². The van der Waals surface area contributed by atoms with Crippen LogP contribution >= 0.6 is 16.6 Å². The molecule has 4 atom stereocenters. The van der Waals surface area contributed by atoms with E-state index in [4.69, 9.17) is 23.0 Å². The molecule has 0 aromatic heterocycles. The number of hydrogen-bond acceptors (Lipinski definition) is 1. The summed E-state index contributed by atoms with van der Waals surface area (Å²) in [5.41, 5.74) is 0.628. The first kappa shape index (κ1) is 13.0. The van der Waals surface area contributed by atoms with Crippen LogP contribution in [0.3, 0.4) is 0 Å². The lowest BCUT2D eigenvalue weighted by Crippen LogP contribution is -2.30. The van der Waals surface area contributed by atoms with Crippen LogP contribution in [0.4, 0.5) is 0 Å². The lowest BCUT2D eigenvalue weighted by Gasteiger charge is -2.40. The van der Waals surface area contributed by atoms with Gasteiger partial charge in [0.15, 0.2) is 0 Å². The molecule has 0 saturated heterocycles. The van der Waals surface area contributed by atoms with Gasteiger partial charge in [-0.25, -0.2) is 0 Å². The third-order valence-electron chi connectivity index (χ3n) is 3.58. The Labute approximate surface area is 98.6 Å². The van der Waals surface area contributed by atoms with Gasteiger partial charge in [0.1, 0.15) is 0 Å². The molecule has 0 spiro atoms. The van der Waals surface area contributed by atoms with E-state index in [0.29, 0.717) is 5.66 Å². The first-order valence-electron chi connectivity index (χ1n) is 5.59. The van der Waals surface area contributed by atoms with Gasteiger partial charge in [0.05, 0.1) is 0 Å². The second-order valence-electron chi connectivity index (χ2n) is 5.28. The standard InChI is InChI=1S/C11H22ClPS/c1-8(2)10-6-5-9(3)7-11(10)13(4,12)14/h8-11H,5-7H2,1-4H3/t9-,10+,11-,13?/m1/s1. The Hall–Kier alpha value is 0.940. The average Bonchev–Trinajstić information content (AvgIpc) is 2.01. The SMILES string of the molecule is CC(C)[C@@H]1CC[C@@H](C)C[C@H]1P(C)(=S)Cl. The Kier molecular flexibility index (Phi) is 4.51. The molecular formula is C11H22ClPS. The molecule has 1 fully saturated rings. The predicted molar refractivity (Wildman–Crippen MR) is 71.2 cm³/mol. The lowest BCUT2D eigenvalue weighted by molar-refractivity contribution is 0.242. The fraction of sp³-hybridized carbons (Fsp3) is 1.00. The average molecular weight is 253 g/mol. The summed E-state index contributed by atoms with van der Waals surface area (Å²) in [5.74, 6) is 2.35. The van der Waals surface area contributed by atoms with Crippen LogP contribution in [0.5, 0.6) is 0 Å². The van der Waals surface area contributed by atoms with Crippen molar-refractivity contribution in [2.24, 2.45) is 17.8 Å². The van der Waals surface area contributed by atoms with Crippen molar-refractivity contribution < 1.29 is 0 Å². The molecule has 0 bridgehead atoms. The zero-order valence-corrected chi connectivity index (χ0v) is 12.1. The minimum Gasteiger partial charge on any atom is -0.0856 e. The summed E-state index contributed by atoms with van der Waals surface area (Å²) in [7, 11) is 0. The highest BCUT2D eigenvalue weighted by atomic mass is 35.7. The molecule has 0 nitrogen and oxygen atoms in total. The van der Waals surface area contributed by atoms with Crippen LogP contribution in [0.15, 0.2) is 0 Å². The van der Waals surface area contributed by atoms with E-state index in [-0.39, 0.29) is 0 Å². The molecular weight excluding hydrogens is 231 g/mol. The number of halogens is 1. The lowest BCUT2D eigenvalue weighted by atomic mass is 9.77. The van der Waals surface area contributed by atoms with Gasteiger partial charge in [-0.15, -0.1) is 0 Å². The molecule has 1 unspecified atom stereocenters. The Morgan fingerprint density at radius 3 is 2.36 bits per heavy atom. The van der Waals surface area contributed by atoms with E-state index in [2.05, 4.69) is 27.4 Å². The molecule has 1 saturated carbocycles. The van der Waals surface area contributed by atoms with Gasteiger partial charge in [0.2, 0.25) is 0 Å². The van der Waals surface area contributed by atoms with Crippen LogP contribution in [0.2, 0.25) is 0 Å². The van der Waals surface area contributed by atoms with Crippen molar-refractivity contribution in [3.05, 3.63) is 0 Å². The maximum absolute atomic E-state index is 6.44. The van der Waals surface area contributed by atoms with Crippen molar-refractivity contribution in [3.8, 4) is 0 Å². The van der Waals surface area contributed by atoms with Gasteiger partial charge in [-0.1, -0.05) is 50.2 Å². The summed E-state index contributed by atoms with van der Waals surface area (Å²) in [4.78, 5) is 0. The first-order valence-corrected chi connectivity index (χ1v) is 9.81. The molecule has 0 N–H and O–H groups in total. The van der Waals surface area contributed by atoms with Gasteiger partial charge in [-0.2, -0.15) is 0 Å². The highest BCUT2D eigenvalue weighted by Crippen LogP contribution is 2.60. The molecule has 3 heteroatoms. The van der Waals surface area contributed by atoms with E-state index in [0.717, 1.165) is 17.8 Å². The van der Waals surface area contributed by atoms with Crippen molar-refractivity contribution >= 4 is 28.4 Å². The second-order valence-corrected chi connectivity index (χ2v) is 12.7. The molecule has 0 radical (unpaired) electrons. The van der Waals surface area contributed by atoms with E-state index in [9.17, 15) is 0 Å². The third-order valence-corrected chi connectivity index (χ3v) is 6.92. The molecule has 1 rings (SSSR count). The monoisotopic (exact) mass is 252 g/mol. The maximum Gasteiger partial charge on any atom is 0.0391 e. The molecule has 0 amide bonds. The molecule has 14 heavy (non-hydrogen) atoms. The van der Waals surface area contributed by atoms with Crippen molar-refractivity contribution in [2.75, 3.05) is 6.66 Å². The Morgan fingerprint density at radius 1 is 1.36 bits per heavy atom. The summed E-state index contributed by atoms with van der Waals surface area (Å²) < 4.78 is 0. The van der Waals surface area contributed by atoms with Gasteiger partial charge in [0.25, 0.3) is 0 Å². The topological polar surface area (TPSA) is 0 Å². The molecule has 1 aliphatic carbocycles. The van der Waals surface area contributed by atoms with Crippen LogP contribution in [0.25, 0.3) is 0 Å². The van der Waals surface area contributed by atoms with Crippen molar-refractivity contribution in [1.29, 1.82) is 0 Å². The highest BCUT2D eigenvalue weighted by molar-refractivity contribution is 8.27. The van der Waals surface area contributed by atoms with Crippen molar-refractivity contribution in [1.82, 2.24) is 0 Å². The Balaban J connectivity index is 2.79. The van der Waals surface area contributed by atoms with Crippen LogP contribution < -0.4 is 0 Å². The summed E-state index contributed by atoms with van der Waals surface area (Å²) >= 11 is 12.0. The van der Waals surface area contributed by atoms with Gasteiger partial charge < -0.3 is 0 Å². The molecule has 84 valence electrons. The Morgan fingerprint density at radius 2 is 1.93 bits per heavy atom. The van der Waals surface area contributed by atoms with E-state index >= 15 is 0 Å². The molecule has 0 heterocycles. The summed E-state index contributed by atoms with van der Waals surface area (Å²) in [5, 5.41) is -1.58. The van der Waals surface area contributed by atoms with Crippen molar-refractivity contribution in [2.45, 2.75) is 45.7 Å². The molecule has 1 aliphatic rings. The van der Waals surface area contributed by atoms with Gasteiger partial charge in [-0.3, -0.25) is 0 Å². The minimum absolute atomic E-state index is 0.628. The number of rotatable bonds is 2. The van der Waals surface area contributed by atoms with Crippen LogP contribution in [0.1, 0.15) is 40.0 Å². The van der Waals surface area contributed by atoms with Crippen LogP contribution in [-0.4, -0.2) is 12.3 Å². The quantitative estimate of drug-likeness (QED) is 0.642. The fourth-order valence-electron chi connectivity index (χ4n) is 2.68. The third kappa shape index (κ3) is 3.22. The normalized spacial score (nSPS) is 38.3. The van der Waals surface area contributed by atoms with Gasteiger partial charge >= 0.3 is 0 Å². The van der Waals surface area contributed by atoms with E-state index in [1.807, 2.05) is 0 Å². The Bertz CT molecular complexity index is 233. The largest absolute Gasteiger partial charge is 0.0856 e. The first-order chi connectivity index (χ1) is 6.32. The minimum atomic E-state index is -1.58. The van der Waals surface area contributed by atoms with Crippen LogP contribution in [-0.2, 0) is 11.8 Å². The smallest absolute Gasteiger partial charge is 0.0391 e. The van der Waals surface area contributed by atoms with E-state index in [1.165, 1.54) is 19.3 Å². The summed E-state index contributed by atoms with van der Waals surface area (Å²) in [6, 6.07) is 0. The zero-order chi connectivity index (χ0) is 10.9. The predicted octanol–water partition coefficient (Wildman–Crippen LogP) is 4.71. The zero-order valence-electron chi connectivity index (χ0n) is 9.66.